The summed E-state index contributed by atoms with van der Waals surface area (Å²) in [4.78, 5) is 8.78. The maximum absolute atomic E-state index is 13.0. The van der Waals surface area contributed by atoms with Gasteiger partial charge in [0.05, 0.1) is 11.3 Å². The van der Waals surface area contributed by atoms with Gasteiger partial charge in [-0.3, -0.25) is 9.97 Å². The first-order chi connectivity index (χ1) is 11.3. The van der Waals surface area contributed by atoms with Gasteiger partial charge < -0.3 is 0 Å². The van der Waals surface area contributed by atoms with E-state index in [-0.39, 0.29) is 0 Å². The van der Waals surface area contributed by atoms with Crippen LogP contribution < -0.4 is 0 Å². The zero-order chi connectivity index (χ0) is 17.3. The lowest BCUT2D eigenvalue weighted by Crippen LogP contribution is -2.04. The summed E-state index contributed by atoms with van der Waals surface area (Å²) in [6.45, 7) is 3.72. The van der Waals surface area contributed by atoms with Gasteiger partial charge in [0.25, 0.3) is 0 Å². The van der Waals surface area contributed by atoms with Crippen molar-refractivity contribution in [3.8, 4) is 22.4 Å². The number of hydrogen-bond acceptors (Lipinski definition) is 2. The first kappa shape index (κ1) is 16.2. The molecule has 0 atom stereocenters. The Kier molecular flexibility index (Phi) is 4.09. The zero-order valence-corrected chi connectivity index (χ0v) is 13.2. The third-order valence-electron chi connectivity index (χ3n) is 3.72. The molecule has 0 bridgehead atoms. The minimum atomic E-state index is -4.38. The number of halogens is 3. The summed E-state index contributed by atoms with van der Waals surface area (Å²) >= 11 is 0. The summed E-state index contributed by atoms with van der Waals surface area (Å²) in [5.41, 5.74) is 3.52. The molecule has 122 valence electrons. The van der Waals surface area contributed by atoms with Gasteiger partial charge in [-0.25, -0.2) is 0 Å². The van der Waals surface area contributed by atoms with E-state index in [1.807, 2.05) is 26.0 Å². The molecule has 2 nitrogen and oxygen atoms in total. The first-order valence-electron chi connectivity index (χ1n) is 7.43. The lowest BCUT2D eigenvalue weighted by molar-refractivity contribution is -0.137. The Labute approximate surface area is 138 Å². The van der Waals surface area contributed by atoms with E-state index in [9.17, 15) is 13.2 Å². The number of hydrogen-bond donors (Lipinski definition) is 0. The summed E-state index contributed by atoms with van der Waals surface area (Å²) in [6.07, 6.45) is -2.69. The van der Waals surface area contributed by atoms with E-state index < -0.39 is 11.7 Å². The van der Waals surface area contributed by atoms with E-state index in [1.165, 1.54) is 6.07 Å². The lowest BCUT2D eigenvalue weighted by Gasteiger charge is -2.13. The third kappa shape index (κ3) is 3.30. The van der Waals surface area contributed by atoms with Crippen LogP contribution in [0.3, 0.4) is 0 Å². The average molecular weight is 328 g/mol. The van der Waals surface area contributed by atoms with E-state index in [0.717, 1.165) is 29.1 Å². The molecule has 0 aliphatic rings. The molecule has 0 fully saturated rings. The number of rotatable bonds is 2. The van der Waals surface area contributed by atoms with Crippen molar-refractivity contribution in [3.63, 3.8) is 0 Å². The molecule has 0 N–H and O–H groups in total. The molecule has 0 aliphatic carbocycles. The van der Waals surface area contributed by atoms with Crippen LogP contribution in [0.4, 0.5) is 13.2 Å². The Morgan fingerprint density at radius 2 is 1.58 bits per heavy atom. The standard InChI is InChI=1S/C19H15F3N2/c1-12-6-8-15(11-23-12)18-17(9-7-13(2)24-18)14-4-3-5-16(10-14)19(20,21)22/h3-11H,1-2H3. The van der Waals surface area contributed by atoms with Crippen molar-refractivity contribution in [1.29, 1.82) is 0 Å². The zero-order valence-electron chi connectivity index (χ0n) is 13.2. The molecule has 0 saturated heterocycles. The molecule has 24 heavy (non-hydrogen) atoms. The molecular weight excluding hydrogens is 313 g/mol. The van der Waals surface area contributed by atoms with Crippen LogP contribution in [0.1, 0.15) is 17.0 Å². The van der Waals surface area contributed by atoms with Crippen LogP contribution in [0.25, 0.3) is 22.4 Å². The van der Waals surface area contributed by atoms with Crippen LogP contribution in [0, 0.1) is 13.8 Å². The number of aromatic nitrogens is 2. The van der Waals surface area contributed by atoms with Gasteiger partial charge in [-0.1, -0.05) is 18.2 Å². The molecule has 0 amide bonds. The highest BCUT2D eigenvalue weighted by Gasteiger charge is 2.30. The SMILES string of the molecule is Cc1ccc(-c2nc(C)ccc2-c2cccc(C(F)(F)F)c2)cn1. The van der Waals surface area contributed by atoms with Crippen molar-refractivity contribution in [2.75, 3.05) is 0 Å². The Balaban J connectivity index is 2.17. The van der Waals surface area contributed by atoms with Crippen molar-refractivity contribution >= 4 is 0 Å². The fraction of sp³-hybridized carbons (Fsp3) is 0.158. The highest BCUT2D eigenvalue weighted by Crippen LogP contribution is 2.35. The lowest BCUT2D eigenvalue weighted by atomic mass is 9.98. The highest BCUT2D eigenvalue weighted by molar-refractivity contribution is 5.80. The molecule has 0 aliphatic heterocycles. The fourth-order valence-corrected chi connectivity index (χ4v) is 2.48. The van der Waals surface area contributed by atoms with Gasteiger partial charge in [-0.2, -0.15) is 13.2 Å². The number of alkyl halides is 3. The maximum atomic E-state index is 13.0. The molecule has 2 aromatic heterocycles. The average Bonchev–Trinajstić information content (AvgIpc) is 2.55. The minimum absolute atomic E-state index is 0.480. The normalized spacial score (nSPS) is 11.5. The minimum Gasteiger partial charge on any atom is -0.261 e. The Morgan fingerprint density at radius 1 is 0.833 bits per heavy atom. The van der Waals surface area contributed by atoms with E-state index in [0.29, 0.717) is 16.8 Å². The third-order valence-corrected chi connectivity index (χ3v) is 3.72. The second-order valence-electron chi connectivity index (χ2n) is 5.62. The topological polar surface area (TPSA) is 25.8 Å². The van der Waals surface area contributed by atoms with Crippen LogP contribution in [-0.4, -0.2) is 9.97 Å². The van der Waals surface area contributed by atoms with E-state index in [2.05, 4.69) is 9.97 Å². The molecule has 0 unspecified atom stereocenters. The molecule has 3 aromatic rings. The van der Waals surface area contributed by atoms with E-state index in [1.54, 1.807) is 24.4 Å². The predicted octanol–water partition coefficient (Wildman–Crippen LogP) is 5.45. The molecule has 5 heteroatoms. The predicted molar refractivity (Wildman–Crippen MR) is 87.4 cm³/mol. The van der Waals surface area contributed by atoms with Gasteiger partial charge in [-0.05, 0) is 49.7 Å². The number of pyridine rings is 2. The van der Waals surface area contributed by atoms with E-state index in [4.69, 9.17) is 0 Å². The van der Waals surface area contributed by atoms with Crippen molar-refractivity contribution in [2.45, 2.75) is 20.0 Å². The summed E-state index contributed by atoms with van der Waals surface area (Å²) in [6, 6.07) is 12.6. The fourth-order valence-electron chi connectivity index (χ4n) is 2.48. The number of aryl methyl sites for hydroxylation is 2. The van der Waals surface area contributed by atoms with Gasteiger partial charge in [0, 0.05) is 28.7 Å². The van der Waals surface area contributed by atoms with Crippen LogP contribution >= 0.6 is 0 Å². The molecule has 1 aromatic carbocycles. The van der Waals surface area contributed by atoms with E-state index >= 15 is 0 Å². The van der Waals surface area contributed by atoms with Crippen LogP contribution in [0.5, 0.6) is 0 Å². The number of benzene rings is 1. The molecule has 0 spiro atoms. The molecule has 3 rings (SSSR count). The van der Waals surface area contributed by atoms with Crippen LogP contribution in [0.2, 0.25) is 0 Å². The monoisotopic (exact) mass is 328 g/mol. The van der Waals surface area contributed by atoms with Gasteiger partial charge in [-0.15, -0.1) is 0 Å². The highest BCUT2D eigenvalue weighted by atomic mass is 19.4. The Hall–Kier alpha value is -2.69. The van der Waals surface area contributed by atoms with Crippen LogP contribution in [-0.2, 0) is 6.18 Å². The second-order valence-corrected chi connectivity index (χ2v) is 5.62. The number of nitrogens with zero attached hydrogens (tertiary/aromatic N) is 2. The maximum Gasteiger partial charge on any atom is 0.416 e. The van der Waals surface area contributed by atoms with Gasteiger partial charge in [0.1, 0.15) is 0 Å². The van der Waals surface area contributed by atoms with Crippen molar-refractivity contribution < 1.29 is 13.2 Å². The first-order valence-corrected chi connectivity index (χ1v) is 7.43. The second kappa shape index (κ2) is 6.07. The molecule has 0 radical (unpaired) electrons. The molecule has 2 heterocycles. The molecular formula is C19H15F3N2. The van der Waals surface area contributed by atoms with Crippen LogP contribution in [0.15, 0.2) is 54.7 Å². The van der Waals surface area contributed by atoms with Gasteiger partial charge in [0.2, 0.25) is 0 Å². The van der Waals surface area contributed by atoms with Gasteiger partial charge >= 0.3 is 6.18 Å². The molecule has 0 saturated carbocycles. The summed E-state index contributed by atoms with van der Waals surface area (Å²) in [5, 5.41) is 0. The smallest absolute Gasteiger partial charge is 0.261 e. The Morgan fingerprint density at radius 3 is 2.25 bits per heavy atom. The summed E-state index contributed by atoms with van der Waals surface area (Å²) in [7, 11) is 0. The summed E-state index contributed by atoms with van der Waals surface area (Å²) in [5.74, 6) is 0. The van der Waals surface area contributed by atoms with Crippen molar-refractivity contribution in [1.82, 2.24) is 9.97 Å². The Bertz CT molecular complexity index is 869. The van der Waals surface area contributed by atoms with Crippen molar-refractivity contribution in [3.05, 3.63) is 71.7 Å². The largest absolute Gasteiger partial charge is 0.416 e. The van der Waals surface area contributed by atoms with Crippen molar-refractivity contribution in [2.24, 2.45) is 0 Å². The summed E-state index contributed by atoms with van der Waals surface area (Å²) < 4.78 is 39.0. The van der Waals surface area contributed by atoms with Gasteiger partial charge in [0.15, 0.2) is 0 Å². The quantitative estimate of drug-likeness (QED) is 0.625.